The third kappa shape index (κ3) is 4.51. The lowest BCUT2D eigenvalue weighted by atomic mass is 10.0. The molecule has 4 aromatic rings. The molecule has 1 unspecified atom stereocenters. The largest absolute Gasteiger partial charge is 0.508 e. The van der Waals surface area contributed by atoms with Crippen molar-refractivity contribution in [3.63, 3.8) is 0 Å². The number of aromatic amines is 1. The average molecular weight is 535 g/mol. The summed E-state index contributed by atoms with van der Waals surface area (Å²) in [6.45, 7) is 3.77. The van der Waals surface area contributed by atoms with E-state index in [9.17, 15) is 18.9 Å². The first-order chi connectivity index (χ1) is 18.4. The molecular formula is C26H26N6O5S. The maximum Gasteiger partial charge on any atom is 0.417 e. The number of hydrogen-bond acceptors (Lipinski definition) is 8. The Labute approximate surface area is 220 Å². The van der Waals surface area contributed by atoms with Crippen molar-refractivity contribution in [1.29, 1.82) is 0 Å². The van der Waals surface area contributed by atoms with Crippen molar-refractivity contribution in [2.24, 2.45) is 0 Å². The van der Waals surface area contributed by atoms with E-state index >= 15 is 0 Å². The van der Waals surface area contributed by atoms with Gasteiger partial charge in [-0.15, -0.1) is 0 Å². The number of aromatic hydroxyl groups is 1. The SMILES string of the molecule is Cc1cc(S(=O)c2cc(N3CCC(N4CCc5cc(O)ccc5NC4=O)CC3)ncn2)cc2oc(=O)[nH]c12. The van der Waals surface area contributed by atoms with Crippen LogP contribution >= 0.6 is 0 Å². The number of rotatable bonds is 4. The van der Waals surface area contributed by atoms with Gasteiger partial charge in [-0.2, -0.15) is 0 Å². The fraction of sp³-hybridized carbons (Fsp3) is 0.308. The van der Waals surface area contributed by atoms with Gasteiger partial charge in [-0.1, -0.05) is 0 Å². The predicted octanol–water partition coefficient (Wildman–Crippen LogP) is 3.15. The number of amides is 2. The number of urea groups is 1. The zero-order chi connectivity index (χ0) is 26.4. The molecule has 0 spiro atoms. The van der Waals surface area contributed by atoms with Crippen LogP contribution in [-0.4, -0.2) is 60.9 Å². The van der Waals surface area contributed by atoms with Crippen LogP contribution in [0.4, 0.5) is 16.3 Å². The van der Waals surface area contributed by atoms with Gasteiger partial charge in [-0.3, -0.25) is 4.98 Å². The Kier molecular flexibility index (Phi) is 6.10. The van der Waals surface area contributed by atoms with E-state index in [0.29, 0.717) is 52.9 Å². The molecule has 2 aliphatic heterocycles. The number of H-pyrrole nitrogens is 1. The molecule has 4 heterocycles. The van der Waals surface area contributed by atoms with Crippen LogP contribution in [0.15, 0.2) is 61.9 Å². The van der Waals surface area contributed by atoms with Crippen LogP contribution < -0.4 is 16.0 Å². The second-order valence-electron chi connectivity index (χ2n) is 9.54. The summed E-state index contributed by atoms with van der Waals surface area (Å²) < 4.78 is 18.5. The van der Waals surface area contributed by atoms with Crippen LogP contribution in [0.25, 0.3) is 11.1 Å². The quantitative estimate of drug-likeness (QED) is 0.268. The van der Waals surface area contributed by atoms with Gasteiger partial charge >= 0.3 is 11.8 Å². The number of phenolic OH excluding ortho intramolecular Hbond substituents is 1. The molecule has 196 valence electrons. The van der Waals surface area contributed by atoms with Crippen LogP contribution in [0, 0.1) is 6.92 Å². The first-order valence-corrected chi connectivity index (χ1v) is 13.5. The number of hydrogen-bond donors (Lipinski definition) is 3. The van der Waals surface area contributed by atoms with E-state index in [0.717, 1.165) is 29.7 Å². The van der Waals surface area contributed by atoms with Crippen molar-refractivity contribution in [3.05, 3.63) is 64.4 Å². The van der Waals surface area contributed by atoms with Gasteiger partial charge in [-0.25, -0.2) is 23.8 Å². The molecule has 0 radical (unpaired) electrons. The fourth-order valence-electron chi connectivity index (χ4n) is 5.22. The van der Waals surface area contributed by atoms with Gasteiger partial charge in [0, 0.05) is 42.3 Å². The Morgan fingerprint density at radius 2 is 1.89 bits per heavy atom. The zero-order valence-corrected chi connectivity index (χ0v) is 21.5. The Morgan fingerprint density at radius 1 is 1.08 bits per heavy atom. The number of benzene rings is 2. The number of nitrogens with one attached hydrogen (secondary N) is 2. The second-order valence-corrected chi connectivity index (χ2v) is 11.0. The number of fused-ring (bicyclic) bond motifs is 2. The van der Waals surface area contributed by atoms with Gasteiger partial charge in [-0.05, 0) is 67.6 Å². The summed E-state index contributed by atoms with van der Waals surface area (Å²) in [7, 11) is -1.59. The van der Waals surface area contributed by atoms with Crippen molar-refractivity contribution in [2.75, 3.05) is 29.9 Å². The molecule has 2 aliphatic rings. The van der Waals surface area contributed by atoms with Crippen molar-refractivity contribution in [1.82, 2.24) is 19.9 Å². The maximum absolute atomic E-state index is 13.3. The van der Waals surface area contributed by atoms with Crippen molar-refractivity contribution >= 4 is 39.4 Å². The highest BCUT2D eigenvalue weighted by atomic mass is 32.2. The lowest BCUT2D eigenvalue weighted by molar-refractivity contribution is 0.177. The van der Waals surface area contributed by atoms with E-state index in [1.807, 2.05) is 11.8 Å². The van der Waals surface area contributed by atoms with Crippen LogP contribution in [0.1, 0.15) is 24.0 Å². The Morgan fingerprint density at radius 3 is 2.71 bits per heavy atom. The first kappa shape index (κ1) is 24.2. The minimum absolute atomic E-state index is 0.0790. The first-order valence-electron chi connectivity index (χ1n) is 12.4. The molecule has 1 fully saturated rings. The normalized spacial score (nSPS) is 17.2. The van der Waals surface area contributed by atoms with Crippen molar-refractivity contribution in [2.45, 2.75) is 42.1 Å². The molecule has 0 saturated carbocycles. The third-order valence-corrected chi connectivity index (χ3v) is 8.44. The molecule has 3 N–H and O–H groups in total. The summed E-state index contributed by atoms with van der Waals surface area (Å²) in [5.74, 6) is 0.313. The van der Waals surface area contributed by atoms with E-state index in [2.05, 4.69) is 25.2 Å². The molecule has 2 aromatic carbocycles. The predicted molar refractivity (Wildman–Crippen MR) is 141 cm³/mol. The molecule has 2 amide bonds. The fourth-order valence-corrected chi connectivity index (χ4v) is 6.31. The van der Waals surface area contributed by atoms with E-state index in [4.69, 9.17) is 4.42 Å². The summed E-state index contributed by atoms with van der Waals surface area (Å²) >= 11 is 0. The van der Waals surface area contributed by atoms with Gasteiger partial charge in [0.15, 0.2) is 5.58 Å². The van der Waals surface area contributed by atoms with Crippen molar-refractivity contribution < 1.29 is 18.5 Å². The minimum Gasteiger partial charge on any atom is -0.508 e. The van der Waals surface area contributed by atoms with E-state index in [-0.39, 0.29) is 17.8 Å². The van der Waals surface area contributed by atoms with Gasteiger partial charge in [0.25, 0.3) is 0 Å². The molecule has 0 aliphatic carbocycles. The van der Waals surface area contributed by atoms with Crippen LogP contribution in [0.3, 0.4) is 0 Å². The molecule has 1 saturated heterocycles. The highest BCUT2D eigenvalue weighted by Crippen LogP contribution is 2.29. The van der Waals surface area contributed by atoms with Crippen molar-refractivity contribution in [3.8, 4) is 5.75 Å². The molecule has 6 rings (SSSR count). The number of phenols is 1. The van der Waals surface area contributed by atoms with Gasteiger partial charge in [0.1, 0.15) is 33.7 Å². The van der Waals surface area contributed by atoms with Gasteiger partial charge < -0.3 is 24.6 Å². The molecule has 38 heavy (non-hydrogen) atoms. The molecule has 0 bridgehead atoms. The molecule has 1 atom stereocenters. The molecular weight excluding hydrogens is 508 g/mol. The summed E-state index contributed by atoms with van der Waals surface area (Å²) in [4.78, 5) is 40.3. The number of oxazole rings is 1. The van der Waals surface area contributed by atoms with E-state index in [1.165, 1.54) is 6.33 Å². The van der Waals surface area contributed by atoms with E-state index < -0.39 is 16.6 Å². The topological polar surface area (TPSA) is 145 Å². The van der Waals surface area contributed by atoms with Gasteiger partial charge in [0.2, 0.25) is 0 Å². The van der Waals surface area contributed by atoms with Crippen LogP contribution in [0.5, 0.6) is 5.75 Å². The van der Waals surface area contributed by atoms with E-state index in [1.54, 1.807) is 36.4 Å². The summed E-state index contributed by atoms with van der Waals surface area (Å²) in [5, 5.41) is 13.1. The lowest BCUT2D eigenvalue weighted by Crippen LogP contribution is -2.49. The number of aromatic nitrogens is 3. The summed E-state index contributed by atoms with van der Waals surface area (Å²) in [6.07, 6.45) is 3.60. The standard InChI is InChI=1S/C26H26N6O5S/c1-15-10-19(12-21-24(15)30-26(35)37-21)38(36)23-13-22(27-14-28-23)31-7-5-17(6-8-31)32-9-4-16-11-18(33)2-3-20(16)29-25(32)34/h2-3,10-14,17,33H,4-9H2,1H3,(H,29,34)(H,30,35). The Bertz CT molecular complexity index is 1620. The smallest absolute Gasteiger partial charge is 0.417 e. The Hall–Kier alpha value is -4.19. The van der Waals surface area contributed by atoms with Crippen LogP contribution in [-0.2, 0) is 17.2 Å². The highest BCUT2D eigenvalue weighted by molar-refractivity contribution is 7.85. The lowest BCUT2D eigenvalue weighted by Gasteiger charge is -2.38. The number of carbonyl (C=O) groups excluding carboxylic acids is 1. The second kappa shape index (κ2) is 9.60. The number of piperidine rings is 1. The molecule has 12 heteroatoms. The number of carbonyl (C=O) groups is 1. The zero-order valence-electron chi connectivity index (χ0n) is 20.6. The van der Waals surface area contributed by atoms with Crippen LogP contribution in [0.2, 0.25) is 0 Å². The monoisotopic (exact) mass is 534 g/mol. The number of nitrogens with zero attached hydrogens (tertiary/aromatic N) is 4. The highest BCUT2D eigenvalue weighted by Gasteiger charge is 2.30. The van der Waals surface area contributed by atoms with Gasteiger partial charge in [0.05, 0.1) is 5.52 Å². The summed E-state index contributed by atoms with van der Waals surface area (Å²) in [6, 6.07) is 10.0. The minimum atomic E-state index is -1.59. The Balaban J connectivity index is 1.14. The molecule has 2 aromatic heterocycles. The molecule has 11 nitrogen and oxygen atoms in total. The number of anilines is 2. The number of aryl methyl sites for hydroxylation is 1. The summed E-state index contributed by atoms with van der Waals surface area (Å²) in [5.41, 5.74) is 3.36. The maximum atomic E-state index is 13.3. The average Bonchev–Trinajstić information content (AvgIpc) is 3.22. The third-order valence-electron chi connectivity index (χ3n) is 7.18.